The number of hydrogen-bond donors (Lipinski definition) is 2. The van der Waals surface area contributed by atoms with Crippen molar-refractivity contribution in [2.24, 2.45) is 0 Å². The zero-order valence-electron chi connectivity index (χ0n) is 15.4. The van der Waals surface area contributed by atoms with Crippen LogP contribution in [0.4, 0.5) is 17.1 Å². The summed E-state index contributed by atoms with van der Waals surface area (Å²) in [7, 11) is 0. The molecule has 1 heterocycles. The SMILES string of the molecule is O=C(CCC(=O)N1c2ccccc2Sc2ccc(Cl)cc21)NNc1ccccc1. The van der Waals surface area contributed by atoms with Gasteiger partial charge in [0.05, 0.1) is 17.1 Å². The summed E-state index contributed by atoms with van der Waals surface area (Å²) in [6.07, 6.45) is 0.146. The van der Waals surface area contributed by atoms with Crippen LogP contribution in [0.25, 0.3) is 0 Å². The van der Waals surface area contributed by atoms with E-state index in [1.807, 2.05) is 66.7 Å². The lowest BCUT2D eigenvalue weighted by Crippen LogP contribution is -2.32. The minimum Gasteiger partial charge on any atom is -0.299 e. The lowest BCUT2D eigenvalue weighted by Gasteiger charge is -2.31. The number of hydrazine groups is 1. The lowest BCUT2D eigenvalue weighted by atomic mass is 10.2. The largest absolute Gasteiger partial charge is 0.299 e. The molecule has 0 atom stereocenters. The van der Waals surface area contributed by atoms with Gasteiger partial charge in [-0.3, -0.25) is 25.3 Å². The summed E-state index contributed by atoms with van der Waals surface area (Å²) >= 11 is 7.78. The zero-order chi connectivity index (χ0) is 20.2. The van der Waals surface area contributed by atoms with Crippen molar-refractivity contribution in [2.75, 3.05) is 10.3 Å². The van der Waals surface area contributed by atoms with Gasteiger partial charge in [-0.1, -0.05) is 53.7 Å². The Labute approximate surface area is 178 Å². The number of nitrogens with one attached hydrogen (secondary N) is 2. The molecule has 2 N–H and O–H groups in total. The van der Waals surface area contributed by atoms with Crippen LogP contribution >= 0.6 is 23.4 Å². The summed E-state index contributed by atoms with van der Waals surface area (Å²) in [5.41, 5.74) is 7.79. The van der Waals surface area contributed by atoms with Crippen molar-refractivity contribution in [3.63, 3.8) is 0 Å². The number of rotatable bonds is 5. The third kappa shape index (κ3) is 4.39. The smallest absolute Gasteiger partial charge is 0.238 e. The lowest BCUT2D eigenvalue weighted by molar-refractivity contribution is -0.124. The molecule has 0 saturated heterocycles. The Morgan fingerprint density at radius 2 is 1.59 bits per heavy atom. The molecule has 29 heavy (non-hydrogen) atoms. The first-order chi connectivity index (χ1) is 14.1. The van der Waals surface area contributed by atoms with Crippen LogP contribution in [0.2, 0.25) is 5.02 Å². The second-order valence-electron chi connectivity index (χ2n) is 6.45. The van der Waals surface area contributed by atoms with Gasteiger partial charge in [-0.05, 0) is 42.5 Å². The molecule has 0 radical (unpaired) electrons. The summed E-state index contributed by atoms with van der Waals surface area (Å²) in [5, 5.41) is 0.561. The van der Waals surface area contributed by atoms with Crippen molar-refractivity contribution < 1.29 is 9.59 Å². The zero-order valence-corrected chi connectivity index (χ0v) is 17.0. The number of nitrogens with zero attached hydrogens (tertiary/aromatic N) is 1. The Hall–Kier alpha value is -2.96. The molecule has 0 aliphatic carbocycles. The first kappa shape index (κ1) is 19.4. The van der Waals surface area contributed by atoms with Crippen LogP contribution in [0.5, 0.6) is 0 Å². The number of benzene rings is 3. The molecule has 0 unspecified atom stereocenters. The van der Waals surface area contributed by atoms with Gasteiger partial charge in [0.25, 0.3) is 0 Å². The number of anilines is 3. The number of para-hydroxylation sites is 2. The number of fused-ring (bicyclic) bond motifs is 2. The molecule has 0 bridgehead atoms. The van der Waals surface area contributed by atoms with E-state index in [1.54, 1.807) is 22.7 Å². The Morgan fingerprint density at radius 3 is 2.41 bits per heavy atom. The topological polar surface area (TPSA) is 61.4 Å². The maximum absolute atomic E-state index is 13.1. The molecule has 5 nitrogen and oxygen atoms in total. The van der Waals surface area contributed by atoms with E-state index < -0.39 is 0 Å². The van der Waals surface area contributed by atoms with Crippen molar-refractivity contribution in [2.45, 2.75) is 22.6 Å². The second kappa shape index (κ2) is 8.59. The molecule has 0 spiro atoms. The van der Waals surface area contributed by atoms with E-state index in [4.69, 9.17) is 11.6 Å². The van der Waals surface area contributed by atoms with E-state index in [9.17, 15) is 9.59 Å². The van der Waals surface area contributed by atoms with Crippen LogP contribution < -0.4 is 15.8 Å². The summed E-state index contributed by atoms with van der Waals surface area (Å²) in [6.45, 7) is 0. The van der Waals surface area contributed by atoms with Gasteiger partial charge in [0.2, 0.25) is 11.8 Å². The molecule has 0 fully saturated rings. The van der Waals surface area contributed by atoms with Crippen molar-refractivity contribution in [1.82, 2.24) is 5.43 Å². The van der Waals surface area contributed by atoms with Gasteiger partial charge in [0.1, 0.15) is 0 Å². The van der Waals surface area contributed by atoms with Crippen LogP contribution in [0, 0.1) is 0 Å². The fraction of sp³-hybridized carbons (Fsp3) is 0.0909. The van der Waals surface area contributed by atoms with Gasteiger partial charge in [-0.25, -0.2) is 0 Å². The van der Waals surface area contributed by atoms with Gasteiger partial charge in [-0.15, -0.1) is 0 Å². The summed E-state index contributed by atoms with van der Waals surface area (Å²) in [6, 6.07) is 22.5. The summed E-state index contributed by atoms with van der Waals surface area (Å²) in [4.78, 5) is 28.9. The van der Waals surface area contributed by atoms with E-state index in [1.165, 1.54) is 0 Å². The maximum atomic E-state index is 13.1. The molecule has 0 saturated carbocycles. The highest BCUT2D eigenvalue weighted by Gasteiger charge is 2.28. The van der Waals surface area contributed by atoms with Crippen molar-refractivity contribution in [1.29, 1.82) is 0 Å². The van der Waals surface area contributed by atoms with Gasteiger partial charge in [0.15, 0.2) is 0 Å². The number of amides is 2. The molecule has 1 aliphatic rings. The summed E-state index contributed by atoms with van der Waals surface area (Å²) in [5.74, 6) is -0.413. The molecule has 0 aromatic heterocycles. The predicted octanol–water partition coefficient (Wildman–Crippen LogP) is 5.39. The number of carbonyl (C=O) groups excluding carboxylic acids is 2. The molecule has 3 aromatic carbocycles. The molecule has 7 heteroatoms. The van der Waals surface area contributed by atoms with Crippen molar-refractivity contribution in [3.8, 4) is 0 Å². The third-order valence-corrected chi connectivity index (χ3v) is 5.79. The van der Waals surface area contributed by atoms with Gasteiger partial charge in [0, 0.05) is 27.7 Å². The minimum absolute atomic E-state index is 0.0698. The summed E-state index contributed by atoms with van der Waals surface area (Å²) < 4.78 is 0. The first-order valence-corrected chi connectivity index (χ1v) is 10.3. The van der Waals surface area contributed by atoms with E-state index >= 15 is 0 Å². The van der Waals surface area contributed by atoms with E-state index in [0.29, 0.717) is 5.02 Å². The fourth-order valence-corrected chi connectivity index (χ4v) is 4.26. The maximum Gasteiger partial charge on any atom is 0.238 e. The normalized spacial score (nSPS) is 12.0. The van der Waals surface area contributed by atoms with Crippen LogP contribution in [0.1, 0.15) is 12.8 Å². The fourth-order valence-electron chi connectivity index (χ4n) is 3.05. The average Bonchev–Trinajstić information content (AvgIpc) is 2.75. The molecule has 1 aliphatic heterocycles. The van der Waals surface area contributed by atoms with E-state index in [-0.39, 0.29) is 24.7 Å². The molecule has 4 rings (SSSR count). The monoisotopic (exact) mass is 423 g/mol. The van der Waals surface area contributed by atoms with Crippen molar-refractivity contribution >= 4 is 52.2 Å². The molecular formula is C22H18ClN3O2S. The Kier molecular flexibility index (Phi) is 5.74. The average molecular weight is 424 g/mol. The van der Waals surface area contributed by atoms with Crippen LogP contribution in [-0.4, -0.2) is 11.8 Å². The van der Waals surface area contributed by atoms with Crippen molar-refractivity contribution in [3.05, 3.63) is 77.8 Å². The van der Waals surface area contributed by atoms with E-state index in [0.717, 1.165) is 26.9 Å². The number of halogens is 1. The Morgan fingerprint density at radius 1 is 0.862 bits per heavy atom. The number of hydrogen-bond acceptors (Lipinski definition) is 4. The van der Waals surface area contributed by atoms with Gasteiger partial charge < -0.3 is 0 Å². The Bertz CT molecular complexity index is 1060. The predicted molar refractivity (Wildman–Crippen MR) is 117 cm³/mol. The molecule has 146 valence electrons. The number of carbonyl (C=O) groups is 2. The standard InChI is InChI=1S/C22H18ClN3O2S/c23-15-10-11-20-18(14-15)26(17-8-4-5-9-19(17)29-20)22(28)13-12-21(27)25-24-16-6-2-1-3-7-16/h1-11,14,24H,12-13H2,(H,25,27). The highest BCUT2D eigenvalue weighted by molar-refractivity contribution is 7.99. The van der Waals surface area contributed by atoms with Gasteiger partial charge >= 0.3 is 0 Å². The molecule has 2 amide bonds. The first-order valence-electron chi connectivity index (χ1n) is 9.11. The molecular weight excluding hydrogens is 406 g/mol. The van der Waals surface area contributed by atoms with Crippen LogP contribution in [-0.2, 0) is 9.59 Å². The quantitative estimate of drug-likeness (QED) is 0.540. The van der Waals surface area contributed by atoms with Crippen LogP contribution in [0.3, 0.4) is 0 Å². The molecule has 3 aromatic rings. The highest BCUT2D eigenvalue weighted by atomic mass is 35.5. The third-order valence-electron chi connectivity index (χ3n) is 4.42. The Balaban J connectivity index is 1.47. The minimum atomic E-state index is -0.256. The van der Waals surface area contributed by atoms with Gasteiger partial charge in [-0.2, -0.15) is 0 Å². The van der Waals surface area contributed by atoms with E-state index in [2.05, 4.69) is 10.9 Å². The highest BCUT2D eigenvalue weighted by Crippen LogP contribution is 2.48. The van der Waals surface area contributed by atoms with Crippen LogP contribution in [0.15, 0.2) is 82.6 Å². The second-order valence-corrected chi connectivity index (χ2v) is 7.97.